The van der Waals surface area contributed by atoms with E-state index in [2.05, 4.69) is 0 Å². The Bertz CT molecular complexity index is 1430. The second-order valence-corrected chi connectivity index (χ2v) is 12.2. The Kier molecular flexibility index (Phi) is 8.20. The lowest BCUT2D eigenvalue weighted by molar-refractivity contribution is -0.145. The average Bonchev–Trinajstić information content (AvgIpc) is 3.30. The van der Waals surface area contributed by atoms with Crippen LogP contribution in [0.3, 0.4) is 0 Å². The molecular weight excluding hydrogens is 566 g/mol. The van der Waals surface area contributed by atoms with Gasteiger partial charge in [-0.3, -0.25) is 14.4 Å². The molecule has 0 aliphatic carbocycles. The van der Waals surface area contributed by atoms with Gasteiger partial charge in [0, 0.05) is 42.6 Å². The topological polar surface area (TPSA) is 90.4 Å². The van der Waals surface area contributed by atoms with Crippen molar-refractivity contribution in [1.29, 1.82) is 0 Å². The van der Waals surface area contributed by atoms with Gasteiger partial charge in [0.05, 0.1) is 17.4 Å². The zero-order valence-electron chi connectivity index (χ0n) is 24.4. The number of hydrogen-bond donors (Lipinski definition) is 1. The molecule has 4 heterocycles. The summed E-state index contributed by atoms with van der Waals surface area (Å²) in [5.41, 5.74) is -0.902. The third kappa shape index (κ3) is 4.89. The van der Waals surface area contributed by atoms with Crippen LogP contribution in [0.5, 0.6) is 0 Å². The third-order valence-corrected chi connectivity index (χ3v) is 9.70. The summed E-state index contributed by atoms with van der Waals surface area (Å²) in [7, 11) is 0. The molecule has 2 aromatic carbocycles. The molecule has 3 amide bonds. The van der Waals surface area contributed by atoms with Gasteiger partial charge in [0.25, 0.3) is 5.91 Å². The fourth-order valence-electron chi connectivity index (χ4n) is 7.44. The van der Waals surface area contributed by atoms with E-state index in [1.807, 2.05) is 61.6 Å². The molecule has 5 atom stereocenters. The number of benzene rings is 2. The van der Waals surface area contributed by atoms with E-state index in [1.165, 1.54) is 0 Å². The predicted molar refractivity (Wildman–Crippen MR) is 166 cm³/mol. The van der Waals surface area contributed by atoms with Crippen LogP contribution in [0.4, 0.5) is 11.4 Å². The van der Waals surface area contributed by atoms with Crippen molar-refractivity contribution in [2.75, 3.05) is 36.0 Å². The van der Waals surface area contributed by atoms with E-state index in [-0.39, 0.29) is 24.3 Å². The summed E-state index contributed by atoms with van der Waals surface area (Å²) in [6.07, 6.45) is 11.2. The molecule has 2 saturated heterocycles. The number of aliphatic hydroxyl groups is 1. The maximum atomic E-state index is 14.6. The number of rotatable bonds is 9. The number of nitrogens with zero attached hydrogens (tertiary/aromatic N) is 3. The molecule has 6 rings (SSSR count). The Hall–Kier alpha value is -3.46. The van der Waals surface area contributed by atoms with Crippen molar-refractivity contribution in [2.45, 2.75) is 56.3 Å². The molecular formula is C34H38ClN3O5. The molecule has 43 heavy (non-hydrogen) atoms. The molecule has 0 radical (unpaired) electrons. The van der Waals surface area contributed by atoms with Crippen LogP contribution in [-0.2, 0) is 19.1 Å². The van der Waals surface area contributed by atoms with E-state index in [0.29, 0.717) is 49.6 Å². The van der Waals surface area contributed by atoms with Gasteiger partial charge in [0.1, 0.15) is 11.6 Å². The van der Waals surface area contributed by atoms with Crippen LogP contribution in [0.25, 0.3) is 0 Å². The van der Waals surface area contributed by atoms with Crippen molar-refractivity contribution in [1.82, 2.24) is 4.90 Å². The van der Waals surface area contributed by atoms with E-state index < -0.39 is 29.1 Å². The van der Waals surface area contributed by atoms with Gasteiger partial charge >= 0.3 is 0 Å². The number of carbonyl (C=O) groups excluding carboxylic acids is 3. The number of unbranched alkanes of at least 4 members (excludes halogenated alkanes) is 3. The van der Waals surface area contributed by atoms with E-state index in [9.17, 15) is 19.5 Å². The highest BCUT2D eigenvalue weighted by molar-refractivity contribution is 6.30. The highest BCUT2D eigenvalue weighted by atomic mass is 35.5. The minimum atomic E-state index is -1.30. The Balaban J connectivity index is 1.44. The number of carbonyl (C=O) groups is 3. The van der Waals surface area contributed by atoms with Crippen LogP contribution >= 0.6 is 11.6 Å². The number of hydrogen-bond acceptors (Lipinski definition) is 5. The molecule has 4 aliphatic rings. The lowest BCUT2D eigenvalue weighted by atomic mass is 9.73. The average molecular weight is 604 g/mol. The molecule has 9 heteroatoms. The van der Waals surface area contributed by atoms with E-state index >= 15 is 0 Å². The summed E-state index contributed by atoms with van der Waals surface area (Å²) < 4.78 is 7.07. The fraction of sp³-hybridized carbons (Fsp3) is 0.441. The summed E-state index contributed by atoms with van der Waals surface area (Å²) in [4.78, 5) is 48.8. The first-order chi connectivity index (χ1) is 20.9. The second kappa shape index (κ2) is 11.9. The molecule has 0 bridgehead atoms. The van der Waals surface area contributed by atoms with Gasteiger partial charge in [-0.1, -0.05) is 73.9 Å². The quantitative estimate of drug-likeness (QED) is 0.330. The molecule has 0 saturated carbocycles. The van der Waals surface area contributed by atoms with E-state index in [1.54, 1.807) is 39.0 Å². The number of anilines is 2. The van der Waals surface area contributed by atoms with Crippen molar-refractivity contribution in [3.63, 3.8) is 0 Å². The maximum absolute atomic E-state index is 14.6. The molecule has 1 N–H and O–H groups in total. The fourth-order valence-corrected chi connectivity index (χ4v) is 7.57. The van der Waals surface area contributed by atoms with Crippen LogP contribution in [0.2, 0.25) is 5.02 Å². The highest BCUT2D eigenvalue weighted by Crippen LogP contribution is 2.58. The molecule has 2 aromatic rings. The van der Waals surface area contributed by atoms with Gasteiger partial charge in [-0.15, -0.1) is 0 Å². The maximum Gasteiger partial charge on any atom is 0.253 e. The van der Waals surface area contributed by atoms with Crippen molar-refractivity contribution in [3.8, 4) is 0 Å². The number of amides is 3. The number of fused-ring (bicyclic) bond motifs is 2. The van der Waals surface area contributed by atoms with Crippen LogP contribution in [0.15, 0.2) is 78.9 Å². The molecule has 226 valence electrons. The van der Waals surface area contributed by atoms with E-state index in [4.69, 9.17) is 16.3 Å². The highest BCUT2D eigenvalue weighted by Gasteiger charge is 2.75. The molecule has 1 spiro atoms. The number of para-hydroxylation sites is 1. The first kappa shape index (κ1) is 29.6. The van der Waals surface area contributed by atoms with E-state index in [0.717, 1.165) is 18.5 Å². The lowest BCUT2D eigenvalue weighted by Gasteiger charge is -2.38. The van der Waals surface area contributed by atoms with Crippen LogP contribution in [-0.4, -0.2) is 71.2 Å². The van der Waals surface area contributed by atoms with Gasteiger partial charge in [-0.05, 0) is 55.7 Å². The normalized spacial score (nSPS) is 29.9. The summed E-state index contributed by atoms with van der Waals surface area (Å²) in [6.45, 7) is 3.13. The van der Waals surface area contributed by atoms with Crippen LogP contribution < -0.4 is 9.80 Å². The number of likely N-dealkylation sites (tertiary alicyclic amines) is 1. The van der Waals surface area contributed by atoms with Gasteiger partial charge in [-0.25, -0.2) is 0 Å². The van der Waals surface area contributed by atoms with Crippen LogP contribution in [0.1, 0.15) is 39.0 Å². The van der Waals surface area contributed by atoms with Gasteiger partial charge in [0.2, 0.25) is 11.8 Å². The lowest BCUT2D eigenvalue weighted by Crippen LogP contribution is -2.56. The Morgan fingerprint density at radius 2 is 1.47 bits per heavy atom. The van der Waals surface area contributed by atoms with Crippen molar-refractivity contribution < 1.29 is 24.2 Å². The largest absolute Gasteiger partial charge is 0.396 e. The predicted octanol–water partition coefficient (Wildman–Crippen LogP) is 4.76. The van der Waals surface area contributed by atoms with Crippen molar-refractivity contribution in [3.05, 3.63) is 83.9 Å². The smallest absolute Gasteiger partial charge is 0.253 e. The van der Waals surface area contributed by atoms with Crippen LogP contribution in [0, 0.1) is 11.8 Å². The molecule has 8 nitrogen and oxygen atoms in total. The first-order valence-electron chi connectivity index (χ1n) is 15.3. The number of halogens is 1. The monoisotopic (exact) mass is 603 g/mol. The van der Waals surface area contributed by atoms with Crippen molar-refractivity contribution in [2.24, 2.45) is 11.8 Å². The molecule has 4 aliphatic heterocycles. The zero-order chi connectivity index (χ0) is 30.2. The minimum Gasteiger partial charge on any atom is -0.396 e. The van der Waals surface area contributed by atoms with Gasteiger partial charge < -0.3 is 24.5 Å². The molecule has 1 unspecified atom stereocenters. The second-order valence-electron chi connectivity index (χ2n) is 11.8. The number of ether oxygens (including phenoxy) is 1. The minimum absolute atomic E-state index is 0.123. The summed E-state index contributed by atoms with van der Waals surface area (Å²) in [6, 6.07) is 15.6. The standard InChI is InChI=1S/C34H38ClN3O5/c1-2-33-18-10-21-36(25-12-6-5-7-13-25)30(40)27(33)28-31(41)38(20-8-3-4-9-23-39)29-32(42)37(22-11-19-34(28,29)43-33)26-16-14-24(35)15-17-26/h5-7,10-19,27-29,39H,2-4,8-9,20-23H2,1H3/t27-,28-,29?,33+,34-/m0/s1. The third-order valence-electron chi connectivity index (χ3n) is 9.45. The zero-order valence-corrected chi connectivity index (χ0v) is 25.2. The van der Waals surface area contributed by atoms with Crippen molar-refractivity contribution >= 4 is 40.7 Å². The summed E-state index contributed by atoms with van der Waals surface area (Å²) in [5.74, 6) is -2.29. The van der Waals surface area contributed by atoms with Gasteiger partial charge in [-0.2, -0.15) is 0 Å². The Labute approximate surface area is 257 Å². The SMILES string of the molecule is CC[C@@]12C=CCN(c3ccccc3)C(=O)[C@@H]1[C@H]1C(=O)N(CCCCCCO)C3C(=O)N(c4ccc(Cl)cc4)CC=C[C@@]31O2. The summed E-state index contributed by atoms with van der Waals surface area (Å²) in [5, 5.41) is 9.79. The summed E-state index contributed by atoms with van der Waals surface area (Å²) >= 11 is 6.15. The van der Waals surface area contributed by atoms with Gasteiger partial charge in [0.15, 0.2) is 0 Å². The molecule has 2 fully saturated rings. The molecule has 0 aromatic heterocycles. The number of aliphatic hydroxyl groups excluding tert-OH is 1. The Morgan fingerprint density at radius 1 is 0.814 bits per heavy atom. The first-order valence-corrected chi connectivity index (χ1v) is 15.6. The Morgan fingerprint density at radius 3 is 2.16 bits per heavy atom.